The third-order valence-corrected chi connectivity index (χ3v) is 3.76. The van der Waals surface area contributed by atoms with Gasteiger partial charge in [-0.05, 0) is 12.1 Å². The quantitative estimate of drug-likeness (QED) is 0.792. The van der Waals surface area contributed by atoms with Crippen molar-refractivity contribution in [2.45, 2.75) is 12.5 Å². The zero-order chi connectivity index (χ0) is 14.5. The second kappa shape index (κ2) is 6.70. The number of carbonyl (C=O) groups is 1. The SMILES string of the molecule is O=C(CCN1CCO[C@@H](c2ccco2)C1)c1ccccc1. The molecule has 0 saturated carbocycles. The summed E-state index contributed by atoms with van der Waals surface area (Å²) in [6.45, 7) is 3.06. The fourth-order valence-corrected chi connectivity index (χ4v) is 2.58. The minimum atomic E-state index is -0.0272. The topological polar surface area (TPSA) is 42.7 Å². The van der Waals surface area contributed by atoms with E-state index in [4.69, 9.17) is 9.15 Å². The molecule has 110 valence electrons. The van der Waals surface area contributed by atoms with Crippen molar-refractivity contribution in [1.82, 2.24) is 4.90 Å². The highest BCUT2D eigenvalue weighted by molar-refractivity contribution is 5.96. The third-order valence-electron chi connectivity index (χ3n) is 3.76. The van der Waals surface area contributed by atoms with Crippen molar-refractivity contribution in [2.24, 2.45) is 0 Å². The maximum absolute atomic E-state index is 12.1. The maximum Gasteiger partial charge on any atom is 0.164 e. The van der Waals surface area contributed by atoms with Gasteiger partial charge in [0.05, 0.1) is 12.9 Å². The number of hydrogen-bond donors (Lipinski definition) is 0. The Morgan fingerprint density at radius 2 is 2.05 bits per heavy atom. The van der Waals surface area contributed by atoms with Crippen LogP contribution in [0.3, 0.4) is 0 Å². The van der Waals surface area contributed by atoms with Crippen LogP contribution < -0.4 is 0 Å². The van der Waals surface area contributed by atoms with Crippen molar-refractivity contribution in [2.75, 3.05) is 26.2 Å². The molecule has 1 fully saturated rings. The molecule has 1 aromatic heterocycles. The van der Waals surface area contributed by atoms with Crippen LogP contribution in [0.1, 0.15) is 28.6 Å². The molecule has 0 spiro atoms. The third kappa shape index (κ3) is 3.60. The molecular formula is C17H19NO3. The molecule has 4 heteroatoms. The first-order chi connectivity index (χ1) is 10.3. The summed E-state index contributed by atoms with van der Waals surface area (Å²) in [5.74, 6) is 1.05. The van der Waals surface area contributed by atoms with Gasteiger partial charge in [0, 0.05) is 31.6 Å². The van der Waals surface area contributed by atoms with Crippen molar-refractivity contribution in [3.05, 3.63) is 60.1 Å². The van der Waals surface area contributed by atoms with Crippen LogP contribution in [0.2, 0.25) is 0 Å². The van der Waals surface area contributed by atoms with Crippen molar-refractivity contribution >= 4 is 5.78 Å². The first-order valence-electron chi connectivity index (χ1n) is 7.28. The first-order valence-corrected chi connectivity index (χ1v) is 7.28. The van der Waals surface area contributed by atoms with E-state index < -0.39 is 0 Å². The van der Waals surface area contributed by atoms with Crippen molar-refractivity contribution in [3.63, 3.8) is 0 Å². The van der Waals surface area contributed by atoms with E-state index in [1.54, 1.807) is 6.26 Å². The van der Waals surface area contributed by atoms with E-state index in [0.717, 1.165) is 31.0 Å². The molecule has 1 aliphatic rings. The molecule has 1 aliphatic heterocycles. The molecule has 2 heterocycles. The predicted octanol–water partition coefficient (Wildman–Crippen LogP) is 2.93. The van der Waals surface area contributed by atoms with E-state index in [2.05, 4.69) is 4.90 Å². The van der Waals surface area contributed by atoms with Crippen LogP contribution in [-0.4, -0.2) is 36.9 Å². The lowest BCUT2D eigenvalue weighted by molar-refractivity contribution is -0.0397. The lowest BCUT2D eigenvalue weighted by Gasteiger charge is -2.31. The highest BCUT2D eigenvalue weighted by Gasteiger charge is 2.24. The Balaban J connectivity index is 1.52. The summed E-state index contributed by atoms with van der Waals surface area (Å²) in [6.07, 6.45) is 2.17. The van der Waals surface area contributed by atoms with Gasteiger partial charge in [-0.3, -0.25) is 9.69 Å². The molecule has 3 rings (SSSR count). The molecule has 0 amide bonds. The Bertz CT molecular complexity index is 565. The molecule has 0 N–H and O–H groups in total. The second-order valence-electron chi connectivity index (χ2n) is 5.21. The lowest BCUT2D eigenvalue weighted by Crippen LogP contribution is -2.39. The average Bonchev–Trinajstić information content (AvgIpc) is 3.08. The van der Waals surface area contributed by atoms with E-state index in [1.807, 2.05) is 42.5 Å². The standard InChI is InChI=1S/C17H19NO3/c19-15(14-5-2-1-3-6-14)8-9-18-10-12-21-17(13-18)16-7-4-11-20-16/h1-7,11,17H,8-10,12-13H2/t17-/m1/s1. The molecule has 21 heavy (non-hydrogen) atoms. The Hall–Kier alpha value is -1.91. The van der Waals surface area contributed by atoms with Crippen molar-refractivity contribution in [3.8, 4) is 0 Å². The number of benzene rings is 1. The molecule has 1 atom stereocenters. The van der Waals surface area contributed by atoms with Gasteiger partial charge in [0.15, 0.2) is 5.78 Å². The minimum absolute atomic E-state index is 0.0272. The molecule has 1 aromatic carbocycles. The number of nitrogens with zero attached hydrogens (tertiary/aromatic N) is 1. The number of furan rings is 1. The van der Waals surface area contributed by atoms with Crippen LogP contribution in [0.25, 0.3) is 0 Å². The van der Waals surface area contributed by atoms with E-state index in [9.17, 15) is 4.79 Å². The first kappa shape index (κ1) is 14.0. The van der Waals surface area contributed by atoms with Gasteiger partial charge in [-0.2, -0.15) is 0 Å². The summed E-state index contributed by atoms with van der Waals surface area (Å²) in [4.78, 5) is 14.4. The molecule has 0 radical (unpaired) electrons. The van der Waals surface area contributed by atoms with E-state index in [1.165, 1.54) is 0 Å². The predicted molar refractivity (Wildman–Crippen MR) is 79.2 cm³/mol. The summed E-state index contributed by atoms with van der Waals surface area (Å²) in [5, 5.41) is 0. The van der Waals surface area contributed by atoms with E-state index in [-0.39, 0.29) is 11.9 Å². The van der Waals surface area contributed by atoms with Crippen LogP contribution >= 0.6 is 0 Å². The van der Waals surface area contributed by atoms with Crippen LogP contribution in [0.4, 0.5) is 0 Å². The van der Waals surface area contributed by atoms with Gasteiger partial charge in [0.25, 0.3) is 0 Å². The van der Waals surface area contributed by atoms with E-state index in [0.29, 0.717) is 13.0 Å². The lowest BCUT2D eigenvalue weighted by atomic mass is 10.1. The smallest absolute Gasteiger partial charge is 0.164 e. The Morgan fingerprint density at radius 1 is 1.19 bits per heavy atom. The van der Waals surface area contributed by atoms with Crippen LogP contribution in [-0.2, 0) is 4.74 Å². The summed E-state index contributed by atoms with van der Waals surface area (Å²) < 4.78 is 11.1. The van der Waals surface area contributed by atoms with Gasteiger partial charge in [-0.15, -0.1) is 0 Å². The molecule has 4 nitrogen and oxygen atoms in total. The van der Waals surface area contributed by atoms with Crippen LogP contribution in [0.15, 0.2) is 53.1 Å². The monoisotopic (exact) mass is 285 g/mol. The zero-order valence-electron chi connectivity index (χ0n) is 11.9. The largest absolute Gasteiger partial charge is 0.467 e. The van der Waals surface area contributed by atoms with Gasteiger partial charge in [-0.1, -0.05) is 30.3 Å². The van der Waals surface area contributed by atoms with Crippen LogP contribution in [0, 0.1) is 0 Å². The molecular weight excluding hydrogens is 266 g/mol. The Morgan fingerprint density at radius 3 is 2.81 bits per heavy atom. The minimum Gasteiger partial charge on any atom is -0.467 e. The summed E-state index contributed by atoms with van der Waals surface area (Å²) in [5.41, 5.74) is 0.786. The van der Waals surface area contributed by atoms with Crippen LogP contribution in [0.5, 0.6) is 0 Å². The average molecular weight is 285 g/mol. The van der Waals surface area contributed by atoms with Gasteiger partial charge in [-0.25, -0.2) is 0 Å². The number of carbonyl (C=O) groups excluding carboxylic acids is 1. The summed E-state index contributed by atoms with van der Waals surface area (Å²) >= 11 is 0. The molecule has 0 aliphatic carbocycles. The fourth-order valence-electron chi connectivity index (χ4n) is 2.58. The number of Topliss-reactive ketones (excluding diaryl/α,β-unsaturated/α-hetero) is 1. The molecule has 2 aromatic rings. The molecule has 0 bridgehead atoms. The van der Waals surface area contributed by atoms with Crippen molar-refractivity contribution < 1.29 is 13.9 Å². The van der Waals surface area contributed by atoms with Gasteiger partial charge in [0.2, 0.25) is 0 Å². The van der Waals surface area contributed by atoms with Crippen molar-refractivity contribution in [1.29, 1.82) is 0 Å². The molecule has 1 saturated heterocycles. The number of rotatable bonds is 5. The zero-order valence-corrected chi connectivity index (χ0v) is 11.9. The highest BCUT2D eigenvalue weighted by atomic mass is 16.5. The molecule has 0 unspecified atom stereocenters. The van der Waals surface area contributed by atoms with Gasteiger partial charge < -0.3 is 9.15 Å². The van der Waals surface area contributed by atoms with Gasteiger partial charge in [0.1, 0.15) is 11.9 Å². The Labute approximate surface area is 124 Å². The summed E-state index contributed by atoms with van der Waals surface area (Å²) in [7, 11) is 0. The Kier molecular flexibility index (Phi) is 4.48. The fraction of sp³-hybridized carbons (Fsp3) is 0.353. The number of ketones is 1. The number of morpholine rings is 1. The highest BCUT2D eigenvalue weighted by Crippen LogP contribution is 2.22. The number of ether oxygens (including phenoxy) is 1. The maximum atomic E-state index is 12.1. The van der Waals surface area contributed by atoms with E-state index >= 15 is 0 Å². The second-order valence-corrected chi connectivity index (χ2v) is 5.21. The van der Waals surface area contributed by atoms with Gasteiger partial charge >= 0.3 is 0 Å². The number of hydrogen-bond acceptors (Lipinski definition) is 4. The summed E-state index contributed by atoms with van der Waals surface area (Å²) in [6, 6.07) is 13.3. The normalized spacial score (nSPS) is 19.5.